The van der Waals surface area contributed by atoms with Crippen LogP contribution < -0.4 is 10.9 Å². The fourth-order valence-corrected chi connectivity index (χ4v) is 1.80. The number of aromatic nitrogens is 2. The van der Waals surface area contributed by atoms with Gasteiger partial charge in [0.1, 0.15) is 0 Å². The molecule has 13 heavy (non-hydrogen) atoms. The molecule has 0 saturated heterocycles. The number of hydrogen-bond donors (Lipinski definition) is 3. The van der Waals surface area contributed by atoms with E-state index in [0.29, 0.717) is 4.77 Å². The molecule has 0 atom stereocenters. The second-order valence-electron chi connectivity index (χ2n) is 3.12. The van der Waals surface area contributed by atoms with Gasteiger partial charge in [-0.2, -0.15) is 0 Å². The molecule has 4 nitrogen and oxygen atoms in total. The Hall–Kier alpha value is -0.940. The number of aromatic amines is 2. The van der Waals surface area contributed by atoms with E-state index in [0.717, 1.165) is 37.2 Å². The van der Waals surface area contributed by atoms with Crippen molar-refractivity contribution in [3.8, 4) is 0 Å². The van der Waals surface area contributed by atoms with Crippen molar-refractivity contribution < 1.29 is 0 Å². The smallest absolute Gasteiger partial charge is 0.255 e. The Morgan fingerprint density at radius 3 is 2.77 bits per heavy atom. The molecular formula is C8H11N3OS. The maximum atomic E-state index is 11.5. The highest BCUT2D eigenvalue weighted by Gasteiger charge is 2.10. The molecule has 0 unspecified atom stereocenters. The fraction of sp³-hybridized carbons (Fsp3) is 0.500. The zero-order valence-corrected chi connectivity index (χ0v) is 7.96. The second-order valence-corrected chi connectivity index (χ2v) is 3.52. The highest BCUT2D eigenvalue weighted by Crippen LogP contribution is 2.03. The monoisotopic (exact) mass is 197 g/mol. The van der Waals surface area contributed by atoms with Gasteiger partial charge in [0, 0.05) is 24.2 Å². The molecular weight excluding hydrogens is 186 g/mol. The standard InChI is InChI=1S/C8H11N3OS/c12-7-5-1-3-9-4-2-6(5)10-8(13)11-7/h9H,1-4H2,(H2,10,11,12,13). The van der Waals surface area contributed by atoms with Gasteiger partial charge < -0.3 is 10.3 Å². The summed E-state index contributed by atoms with van der Waals surface area (Å²) in [5.41, 5.74) is 1.79. The van der Waals surface area contributed by atoms with Crippen molar-refractivity contribution in [1.29, 1.82) is 0 Å². The lowest BCUT2D eigenvalue weighted by molar-refractivity contribution is 0.708. The van der Waals surface area contributed by atoms with Crippen LogP contribution in [0, 0.1) is 4.77 Å². The molecule has 1 aromatic rings. The van der Waals surface area contributed by atoms with Gasteiger partial charge in [-0.25, -0.2) is 0 Å². The van der Waals surface area contributed by atoms with E-state index in [9.17, 15) is 4.79 Å². The summed E-state index contributed by atoms with van der Waals surface area (Å²) < 4.78 is 0.422. The molecule has 1 aromatic heterocycles. The highest BCUT2D eigenvalue weighted by atomic mass is 32.1. The van der Waals surface area contributed by atoms with Crippen LogP contribution in [-0.2, 0) is 12.8 Å². The summed E-state index contributed by atoms with van der Waals surface area (Å²) in [6.07, 6.45) is 1.62. The van der Waals surface area contributed by atoms with Crippen LogP contribution in [0.2, 0.25) is 0 Å². The first kappa shape index (κ1) is 8.65. The third-order valence-corrected chi connectivity index (χ3v) is 2.44. The summed E-state index contributed by atoms with van der Waals surface area (Å²) in [7, 11) is 0. The van der Waals surface area contributed by atoms with Crippen LogP contribution in [0.15, 0.2) is 4.79 Å². The normalized spacial score (nSPS) is 16.3. The third-order valence-electron chi connectivity index (χ3n) is 2.23. The van der Waals surface area contributed by atoms with Crippen LogP contribution >= 0.6 is 12.2 Å². The average Bonchev–Trinajstić information content (AvgIpc) is 2.28. The summed E-state index contributed by atoms with van der Waals surface area (Å²) in [6.45, 7) is 1.77. The lowest BCUT2D eigenvalue weighted by Gasteiger charge is -2.02. The Balaban J connectivity index is 2.60. The molecule has 0 aromatic carbocycles. The average molecular weight is 197 g/mol. The molecule has 70 valence electrons. The maximum absolute atomic E-state index is 11.5. The van der Waals surface area contributed by atoms with Crippen molar-refractivity contribution >= 4 is 12.2 Å². The van der Waals surface area contributed by atoms with Crippen LogP contribution in [0.1, 0.15) is 11.3 Å². The second kappa shape index (κ2) is 3.43. The van der Waals surface area contributed by atoms with E-state index < -0.39 is 0 Å². The van der Waals surface area contributed by atoms with Crippen LogP contribution in [-0.4, -0.2) is 23.1 Å². The summed E-state index contributed by atoms with van der Waals surface area (Å²) >= 11 is 4.90. The Morgan fingerprint density at radius 2 is 1.92 bits per heavy atom. The summed E-state index contributed by atoms with van der Waals surface area (Å²) in [4.78, 5) is 17.1. The number of hydrogen-bond acceptors (Lipinski definition) is 3. The van der Waals surface area contributed by atoms with Crippen molar-refractivity contribution in [1.82, 2.24) is 15.3 Å². The lowest BCUT2D eigenvalue weighted by atomic mass is 10.1. The zero-order chi connectivity index (χ0) is 9.26. The quantitative estimate of drug-likeness (QED) is 0.518. The van der Waals surface area contributed by atoms with Crippen LogP contribution in [0.25, 0.3) is 0 Å². The van der Waals surface area contributed by atoms with Crippen LogP contribution in [0.5, 0.6) is 0 Å². The number of nitrogens with one attached hydrogen (secondary N) is 3. The molecule has 0 spiro atoms. The van der Waals surface area contributed by atoms with Crippen molar-refractivity contribution in [2.75, 3.05) is 13.1 Å². The van der Waals surface area contributed by atoms with Crippen LogP contribution in [0.4, 0.5) is 0 Å². The molecule has 2 rings (SSSR count). The van der Waals surface area contributed by atoms with Gasteiger partial charge in [0.25, 0.3) is 5.56 Å². The summed E-state index contributed by atoms with van der Waals surface area (Å²) in [5, 5.41) is 3.23. The number of rotatable bonds is 0. The van der Waals surface area contributed by atoms with Gasteiger partial charge in [-0.1, -0.05) is 0 Å². The lowest BCUT2D eigenvalue weighted by Crippen LogP contribution is -2.19. The molecule has 1 aliphatic heterocycles. The minimum Gasteiger partial charge on any atom is -0.336 e. The van der Waals surface area contributed by atoms with Crippen molar-refractivity contribution in [3.05, 3.63) is 26.4 Å². The Morgan fingerprint density at radius 1 is 1.15 bits per heavy atom. The highest BCUT2D eigenvalue weighted by molar-refractivity contribution is 7.71. The molecule has 0 amide bonds. The van der Waals surface area contributed by atoms with Gasteiger partial charge in [-0.05, 0) is 25.2 Å². The minimum absolute atomic E-state index is 0.0394. The molecule has 3 N–H and O–H groups in total. The zero-order valence-electron chi connectivity index (χ0n) is 7.14. The van der Waals surface area contributed by atoms with E-state index >= 15 is 0 Å². The van der Waals surface area contributed by atoms with Gasteiger partial charge in [-0.15, -0.1) is 0 Å². The molecule has 1 aliphatic rings. The minimum atomic E-state index is -0.0394. The van der Waals surface area contributed by atoms with E-state index in [1.165, 1.54) is 0 Å². The Kier molecular flexibility index (Phi) is 2.28. The SMILES string of the molecule is O=c1[nH]c(=S)[nH]c2c1CCNCC2. The first-order chi connectivity index (χ1) is 6.27. The number of fused-ring (bicyclic) bond motifs is 1. The predicted molar refractivity (Wildman–Crippen MR) is 52.5 cm³/mol. The van der Waals surface area contributed by atoms with Crippen molar-refractivity contribution in [2.24, 2.45) is 0 Å². The van der Waals surface area contributed by atoms with Gasteiger partial charge in [-0.3, -0.25) is 9.78 Å². The van der Waals surface area contributed by atoms with Gasteiger partial charge in [0.05, 0.1) is 0 Å². The van der Waals surface area contributed by atoms with Gasteiger partial charge >= 0.3 is 0 Å². The first-order valence-electron chi connectivity index (χ1n) is 4.32. The molecule has 2 heterocycles. The summed E-state index contributed by atoms with van der Waals surface area (Å²) in [5.74, 6) is 0. The van der Waals surface area contributed by atoms with Crippen molar-refractivity contribution in [3.63, 3.8) is 0 Å². The topological polar surface area (TPSA) is 60.7 Å². The van der Waals surface area contributed by atoms with E-state index in [-0.39, 0.29) is 5.56 Å². The van der Waals surface area contributed by atoms with E-state index in [2.05, 4.69) is 15.3 Å². The maximum Gasteiger partial charge on any atom is 0.255 e. The molecule has 0 saturated carbocycles. The third kappa shape index (κ3) is 1.71. The van der Waals surface area contributed by atoms with Crippen molar-refractivity contribution in [2.45, 2.75) is 12.8 Å². The predicted octanol–water partition coefficient (Wildman–Crippen LogP) is 0.121. The molecule has 0 radical (unpaired) electrons. The first-order valence-corrected chi connectivity index (χ1v) is 4.73. The van der Waals surface area contributed by atoms with E-state index in [1.54, 1.807) is 0 Å². The van der Waals surface area contributed by atoms with E-state index in [1.807, 2.05) is 0 Å². The molecule has 0 aliphatic carbocycles. The largest absolute Gasteiger partial charge is 0.336 e. The molecule has 0 fully saturated rings. The van der Waals surface area contributed by atoms with Crippen LogP contribution in [0.3, 0.4) is 0 Å². The summed E-state index contributed by atoms with van der Waals surface area (Å²) in [6, 6.07) is 0. The fourth-order valence-electron chi connectivity index (χ4n) is 1.59. The van der Waals surface area contributed by atoms with Gasteiger partial charge in [0.15, 0.2) is 4.77 Å². The molecule has 0 bridgehead atoms. The van der Waals surface area contributed by atoms with Gasteiger partial charge in [0.2, 0.25) is 0 Å². The Bertz CT molecular complexity index is 420. The number of H-pyrrole nitrogens is 2. The van der Waals surface area contributed by atoms with E-state index in [4.69, 9.17) is 12.2 Å². The Labute approximate surface area is 80.4 Å². The molecule has 5 heteroatoms.